The van der Waals surface area contributed by atoms with Crippen molar-refractivity contribution in [2.24, 2.45) is 0 Å². The topological polar surface area (TPSA) is 90.9 Å². The third-order valence-electron chi connectivity index (χ3n) is 3.64. The molecule has 1 amide bonds. The second kappa shape index (κ2) is 9.75. The SMILES string of the molecule is CCOc1c(Cl)cc(C(=O)OCC(=O)Nc2cccc(C(C)=O)c2)cc1OC. The van der Waals surface area contributed by atoms with Crippen LogP contribution in [0.25, 0.3) is 0 Å². The van der Waals surface area contributed by atoms with Gasteiger partial charge in [-0.2, -0.15) is 0 Å². The fourth-order valence-corrected chi connectivity index (χ4v) is 2.61. The van der Waals surface area contributed by atoms with Gasteiger partial charge in [-0.1, -0.05) is 23.7 Å². The van der Waals surface area contributed by atoms with Gasteiger partial charge in [0.2, 0.25) is 0 Å². The summed E-state index contributed by atoms with van der Waals surface area (Å²) in [4.78, 5) is 35.6. The minimum atomic E-state index is -0.740. The van der Waals surface area contributed by atoms with Gasteiger partial charge < -0.3 is 19.5 Å². The number of esters is 1. The third-order valence-corrected chi connectivity index (χ3v) is 3.92. The number of methoxy groups -OCH3 is 1. The quantitative estimate of drug-likeness (QED) is 0.531. The maximum Gasteiger partial charge on any atom is 0.338 e. The molecule has 7 nitrogen and oxygen atoms in total. The van der Waals surface area contributed by atoms with Crippen molar-refractivity contribution in [3.05, 3.63) is 52.5 Å². The lowest BCUT2D eigenvalue weighted by atomic mass is 10.1. The molecule has 0 saturated carbocycles. The van der Waals surface area contributed by atoms with Crippen LogP contribution in [0.3, 0.4) is 0 Å². The van der Waals surface area contributed by atoms with Crippen LogP contribution in [0.4, 0.5) is 5.69 Å². The highest BCUT2D eigenvalue weighted by Crippen LogP contribution is 2.36. The summed E-state index contributed by atoms with van der Waals surface area (Å²) in [5, 5.41) is 2.76. The zero-order chi connectivity index (χ0) is 20.7. The van der Waals surface area contributed by atoms with E-state index in [1.165, 1.54) is 26.2 Å². The number of anilines is 1. The molecule has 0 bridgehead atoms. The van der Waals surface area contributed by atoms with Crippen LogP contribution in [-0.4, -0.2) is 38.0 Å². The summed E-state index contributed by atoms with van der Waals surface area (Å²) < 4.78 is 15.6. The average Bonchev–Trinajstić information content (AvgIpc) is 2.67. The van der Waals surface area contributed by atoms with E-state index in [2.05, 4.69) is 5.32 Å². The van der Waals surface area contributed by atoms with Gasteiger partial charge in [0.05, 0.1) is 24.3 Å². The van der Waals surface area contributed by atoms with E-state index in [1.54, 1.807) is 31.2 Å². The van der Waals surface area contributed by atoms with E-state index < -0.39 is 18.5 Å². The summed E-state index contributed by atoms with van der Waals surface area (Å²) in [5.41, 5.74) is 1.02. The van der Waals surface area contributed by atoms with E-state index in [-0.39, 0.29) is 22.1 Å². The Morgan fingerprint density at radius 1 is 1.11 bits per heavy atom. The number of carbonyl (C=O) groups is 3. The lowest BCUT2D eigenvalue weighted by Gasteiger charge is -2.13. The van der Waals surface area contributed by atoms with Gasteiger partial charge in [0.1, 0.15) is 0 Å². The Morgan fingerprint density at radius 2 is 1.86 bits per heavy atom. The summed E-state index contributed by atoms with van der Waals surface area (Å²) in [7, 11) is 1.42. The van der Waals surface area contributed by atoms with Crippen LogP contribution in [0.5, 0.6) is 11.5 Å². The summed E-state index contributed by atoms with van der Waals surface area (Å²) in [6.45, 7) is 3.10. The van der Waals surface area contributed by atoms with Crippen molar-refractivity contribution in [2.75, 3.05) is 25.6 Å². The van der Waals surface area contributed by atoms with Crippen LogP contribution in [0, 0.1) is 0 Å². The molecule has 2 aromatic rings. The number of benzene rings is 2. The van der Waals surface area contributed by atoms with E-state index in [0.29, 0.717) is 23.6 Å². The number of hydrogen-bond donors (Lipinski definition) is 1. The van der Waals surface area contributed by atoms with Gasteiger partial charge in [-0.25, -0.2) is 4.79 Å². The number of carbonyl (C=O) groups excluding carboxylic acids is 3. The second-order valence-corrected chi connectivity index (χ2v) is 6.09. The first-order valence-corrected chi connectivity index (χ1v) is 8.81. The number of hydrogen-bond acceptors (Lipinski definition) is 6. The molecule has 2 rings (SSSR count). The van der Waals surface area contributed by atoms with E-state index in [1.807, 2.05) is 0 Å². The first kappa shape index (κ1) is 21.2. The predicted molar refractivity (Wildman–Crippen MR) is 105 cm³/mol. The minimum absolute atomic E-state index is 0.121. The largest absolute Gasteiger partial charge is 0.493 e. The molecule has 148 valence electrons. The summed E-state index contributed by atoms with van der Waals surface area (Å²) in [6, 6.07) is 9.26. The number of ketones is 1. The molecule has 0 aliphatic rings. The molecule has 0 radical (unpaired) electrons. The Kier molecular flexibility index (Phi) is 7.40. The lowest BCUT2D eigenvalue weighted by Crippen LogP contribution is -2.21. The van der Waals surface area contributed by atoms with Gasteiger partial charge in [0.15, 0.2) is 23.9 Å². The first-order chi connectivity index (χ1) is 13.3. The van der Waals surface area contributed by atoms with Crippen molar-refractivity contribution in [1.82, 2.24) is 0 Å². The molecule has 2 aromatic carbocycles. The molecule has 0 aliphatic carbocycles. The fourth-order valence-electron chi connectivity index (χ4n) is 2.35. The van der Waals surface area contributed by atoms with Crippen molar-refractivity contribution in [3.8, 4) is 11.5 Å². The smallest absolute Gasteiger partial charge is 0.338 e. The van der Waals surface area contributed by atoms with E-state index in [4.69, 9.17) is 25.8 Å². The molecule has 0 aliphatic heterocycles. The second-order valence-electron chi connectivity index (χ2n) is 5.68. The summed E-state index contributed by atoms with van der Waals surface area (Å²) >= 11 is 6.13. The van der Waals surface area contributed by atoms with Gasteiger partial charge in [0.25, 0.3) is 5.91 Å². The molecule has 28 heavy (non-hydrogen) atoms. The van der Waals surface area contributed by atoms with Crippen molar-refractivity contribution in [1.29, 1.82) is 0 Å². The third kappa shape index (κ3) is 5.47. The molecule has 0 heterocycles. The van der Waals surface area contributed by atoms with Crippen LogP contribution >= 0.6 is 11.6 Å². The Bertz CT molecular complexity index is 896. The van der Waals surface area contributed by atoms with E-state index in [0.717, 1.165) is 0 Å². The maximum atomic E-state index is 12.2. The Labute approximate surface area is 167 Å². The minimum Gasteiger partial charge on any atom is -0.493 e. The lowest BCUT2D eigenvalue weighted by molar-refractivity contribution is -0.119. The normalized spacial score (nSPS) is 10.1. The van der Waals surface area contributed by atoms with Crippen molar-refractivity contribution < 1.29 is 28.6 Å². The summed E-state index contributed by atoms with van der Waals surface area (Å²) in [5.74, 6) is -0.795. The molecule has 0 fully saturated rings. The van der Waals surface area contributed by atoms with Crippen LogP contribution in [-0.2, 0) is 9.53 Å². The van der Waals surface area contributed by atoms with Gasteiger partial charge in [0, 0.05) is 11.3 Å². The van der Waals surface area contributed by atoms with Crippen LogP contribution < -0.4 is 14.8 Å². The first-order valence-electron chi connectivity index (χ1n) is 8.44. The van der Waals surface area contributed by atoms with Crippen molar-refractivity contribution in [3.63, 3.8) is 0 Å². The molecule has 0 aromatic heterocycles. The maximum absolute atomic E-state index is 12.2. The standard InChI is InChI=1S/C20H20ClNO6/c1-4-27-19-16(21)9-14(10-17(19)26-3)20(25)28-11-18(24)22-15-7-5-6-13(8-15)12(2)23/h5-10H,4,11H2,1-3H3,(H,22,24). The molecule has 8 heteroatoms. The number of nitrogens with one attached hydrogen (secondary N) is 1. The molecule has 1 N–H and O–H groups in total. The zero-order valence-corrected chi connectivity index (χ0v) is 16.5. The average molecular weight is 406 g/mol. The van der Waals surface area contributed by atoms with Gasteiger partial charge in [-0.05, 0) is 38.1 Å². The number of amides is 1. The Balaban J connectivity index is 2.01. The fraction of sp³-hybridized carbons (Fsp3) is 0.250. The number of rotatable bonds is 8. The Hall–Kier alpha value is -3.06. The summed E-state index contributed by atoms with van der Waals surface area (Å²) in [6.07, 6.45) is 0. The van der Waals surface area contributed by atoms with Crippen LogP contribution in [0.15, 0.2) is 36.4 Å². The molecule has 0 unspecified atom stereocenters. The molecule has 0 saturated heterocycles. The highest BCUT2D eigenvalue weighted by atomic mass is 35.5. The zero-order valence-electron chi connectivity index (χ0n) is 15.7. The highest BCUT2D eigenvalue weighted by Gasteiger charge is 2.17. The van der Waals surface area contributed by atoms with Gasteiger partial charge in [-0.15, -0.1) is 0 Å². The van der Waals surface area contributed by atoms with Gasteiger partial charge in [-0.3, -0.25) is 9.59 Å². The molecular weight excluding hydrogens is 386 g/mol. The predicted octanol–water partition coefficient (Wildman–Crippen LogP) is 3.75. The van der Waals surface area contributed by atoms with Crippen molar-refractivity contribution in [2.45, 2.75) is 13.8 Å². The number of Topliss-reactive ketones (excluding diaryl/α,β-unsaturated/α-hetero) is 1. The van der Waals surface area contributed by atoms with Crippen LogP contribution in [0.1, 0.15) is 34.6 Å². The Morgan fingerprint density at radius 3 is 2.50 bits per heavy atom. The van der Waals surface area contributed by atoms with E-state index >= 15 is 0 Å². The molecular formula is C20H20ClNO6. The molecule has 0 atom stereocenters. The van der Waals surface area contributed by atoms with Crippen molar-refractivity contribution >= 4 is 34.9 Å². The van der Waals surface area contributed by atoms with Crippen LogP contribution in [0.2, 0.25) is 5.02 Å². The van der Waals surface area contributed by atoms with Gasteiger partial charge >= 0.3 is 5.97 Å². The van der Waals surface area contributed by atoms with E-state index in [9.17, 15) is 14.4 Å². The molecule has 0 spiro atoms. The number of ether oxygens (including phenoxy) is 3. The number of halogens is 1. The monoisotopic (exact) mass is 405 g/mol. The highest BCUT2D eigenvalue weighted by molar-refractivity contribution is 6.32.